The number of benzene rings is 6. The van der Waals surface area contributed by atoms with Crippen molar-refractivity contribution in [3.05, 3.63) is 174 Å². The van der Waals surface area contributed by atoms with E-state index in [2.05, 4.69) is 37.3 Å². The Labute approximate surface area is 553 Å². The van der Waals surface area contributed by atoms with E-state index in [9.17, 15) is 62.8 Å². The second kappa shape index (κ2) is 32.3. The highest BCUT2D eigenvalue weighted by Crippen LogP contribution is 2.30. The SMILES string of the molecule is CCC#CCOC(=O)NS(=O)(=O)c1ccc(NC(=O)[C@@H](C)n2ccc3c(F)cccc32)cc1.COC(=O)NS(=O)(=O)c1ccc(NC(=O)C(C)Oc2ccc(Cl)cc2C)cc1.COC(=O)NS(=O)(=O)c1ccc(NC(=O)[C@H](CC(C)C)n2ccc3c(F)cccc32)cc1.[HH].[HH].[HH].[HH].[HH].[HH].[HH].[HH].[HH]. The summed E-state index contributed by atoms with van der Waals surface area (Å²) in [6.45, 7) is 10.6. The summed E-state index contributed by atoms with van der Waals surface area (Å²) < 4.78 is 128. The standard InChI is InChI=1S/C23H22FN3O5S.C22H24FN3O5S.C18H19ClN2O6S.9H2/c1-3-4-5-15-32-23(29)26-33(30,31)18-11-9-17(10-12-18)25-22(28)16(2)27-14-13-19-20(24)7-6-8-21(19)27;1-14(2)13-20(26-12-11-17-18(23)5-4-6-19(17)26)21(27)24-15-7-9-16(10-8-15)32(29,30)25-22(28)31-3;1-11-10-13(19)4-9-16(11)27-12(2)17(22)20-14-5-7-15(8-6-14)28(24,25)21-18(23)26-3;;;;;;;;;/h6-14,16H,3,15H2,1-2H3,(H,25,28)(H,26,29);4-12,14,20H,13H2,1-3H3,(H,24,27)(H,25,28);4-10,12H,1-3H3,(H,20,22)(H,21,23);9*1H/t16-;20-;;;;;;;;;;/m10........../s1. The largest absolute Gasteiger partial charge is 0.481 e. The third kappa shape index (κ3) is 20.0. The molecule has 0 aliphatic rings. The number of nitrogens with zero attached hydrogens (tertiary/aromatic N) is 2. The van der Waals surface area contributed by atoms with E-state index in [1.807, 2.05) is 27.7 Å². The van der Waals surface area contributed by atoms with Gasteiger partial charge in [-0.2, -0.15) is 0 Å². The van der Waals surface area contributed by atoms with E-state index in [0.717, 1.165) is 19.8 Å². The molecule has 0 radical (unpaired) electrons. The van der Waals surface area contributed by atoms with Gasteiger partial charge in [0.05, 0.1) is 39.9 Å². The van der Waals surface area contributed by atoms with Gasteiger partial charge in [0, 0.05) is 64.5 Å². The van der Waals surface area contributed by atoms with E-state index >= 15 is 0 Å². The van der Waals surface area contributed by atoms with Crippen molar-refractivity contribution >= 4 is 117 Å². The van der Waals surface area contributed by atoms with Gasteiger partial charge in [0.2, 0.25) is 11.8 Å². The molecule has 6 aromatic carbocycles. The van der Waals surface area contributed by atoms with Crippen LogP contribution in [0.4, 0.5) is 40.2 Å². The van der Waals surface area contributed by atoms with Crippen LogP contribution in [0.1, 0.15) is 77.9 Å². The van der Waals surface area contributed by atoms with Gasteiger partial charge in [0.25, 0.3) is 36.0 Å². The highest BCUT2D eigenvalue weighted by atomic mass is 35.5. The summed E-state index contributed by atoms with van der Waals surface area (Å²) in [4.78, 5) is 71.6. The van der Waals surface area contributed by atoms with Crippen molar-refractivity contribution in [2.24, 2.45) is 5.92 Å². The van der Waals surface area contributed by atoms with E-state index in [1.54, 1.807) is 104 Å². The number of hydrogen-bond donors (Lipinski definition) is 6. The predicted molar refractivity (Wildman–Crippen MR) is 363 cm³/mol. The van der Waals surface area contributed by atoms with Crippen molar-refractivity contribution in [1.29, 1.82) is 0 Å². The molecule has 6 N–H and O–H groups in total. The highest BCUT2D eigenvalue weighted by Gasteiger charge is 2.26. The van der Waals surface area contributed by atoms with E-state index in [1.165, 1.54) is 84.9 Å². The lowest BCUT2D eigenvalue weighted by Gasteiger charge is -2.22. The molecule has 30 heteroatoms. The molecule has 8 rings (SSSR count). The Kier molecular flexibility index (Phi) is 25.0. The normalized spacial score (nSPS) is 12.1. The van der Waals surface area contributed by atoms with Gasteiger partial charge in [0.15, 0.2) is 12.7 Å². The second-order valence-electron chi connectivity index (χ2n) is 20.4. The first kappa shape index (κ1) is 72.0. The molecular weight excluding hydrogens is 1290 g/mol. The first-order valence-corrected chi connectivity index (χ1v) is 32.8. The van der Waals surface area contributed by atoms with Crippen LogP contribution in [0.15, 0.2) is 167 Å². The van der Waals surface area contributed by atoms with Gasteiger partial charge in [0.1, 0.15) is 29.5 Å². The molecule has 2 aromatic heterocycles. The lowest BCUT2D eigenvalue weighted by Crippen LogP contribution is -2.31. The van der Waals surface area contributed by atoms with Crippen molar-refractivity contribution in [2.75, 3.05) is 36.8 Å². The fourth-order valence-electron chi connectivity index (χ4n) is 8.58. The van der Waals surface area contributed by atoms with Crippen LogP contribution in [0.5, 0.6) is 5.75 Å². The van der Waals surface area contributed by atoms with E-state index in [0.29, 0.717) is 62.5 Å². The van der Waals surface area contributed by atoms with Crippen LogP contribution in [0, 0.1) is 36.3 Å². The average Bonchev–Trinajstić information content (AvgIpc) is 1.63. The number of carbonyl (C=O) groups is 6. The monoisotopic (exact) mass is 1380 g/mol. The number of amides is 6. The van der Waals surface area contributed by atoms with Gasteiger partial charge in [-0.25, -0.2) is 62.6 Å². The smallest absolute Gasteiger partial charge is 0.422 e. The van der Waals surface area contributed by atoms with Gasteiger partial charge in [-0.3, -0.25) is 14.4 Å². The van der Waals surface area contributed by atoms with Gasteiger partial charge < -0.3 is 44.0 Å². The molecule has 0 spiro atoms. The Morgan fingerprint density at radius 1 is 0.559 bits per heavy atom. The van der Waals surface area contributed by atoms with Crippen LogP contribution in [-0.4, -0.2) is 97.3 Å². The maximum Gasteiger partial charge on any atom is 0.422 e. The Hall–Kier alpha value is -10.0. The minimum absolute atomic E-state index is 0. The van der Waals surface area contributed by atoms with Crippen LogP contribution in [-0.2, 0) is 58.7 Å². The quantitative estimate of drug-likeness (QED) is 0.0324. The molecule has 2 heterocycles. The maximum absolute atomic E-state index is 14.1. The number of carbonyl (C=O) groups excluding carboxylic acids is 6. The molecular formula is C63H83ClF2N8O16S3. The number of halogens is 3. The summed E-state index contributed by atoms with van der Waals surface area (Å²) in [6.07, 6.45) is 0.287. The van der Waals surface area contributed by atoms with Crippen molar-refractivity contribution in [3.8, 4) is 17.6 Å². The molecule has 510 valence electrons. The molecule has 1 unspecified atom stereocenters. The van der Waals surface area contributed by atoms with Gasteiger partial charge >= 0.3 is 18.3 Å². The number of hydrogen-bond acceptors (Lipinski definition) is 16. The number of aromatic nitrogens is 2. The second-order valence-corrected chi connectivity index (χ2v) is 25.9. The van der Waals surface area contributed by atoms with Crippen LogP contribution in [0.3, 0.4) is 0 Å². The summed E-state index contributed by atoms with van der Waals surface area (Å²) in [5.74, 6) is 4.13. The number of aryl methyl sites for hydroxylation is 1. The lowest BCUT2D eigenvalue weighted by molar-refractivity contribution is -0.122. The molecule has 93 heavy (non-hydrogen) atoms. The van der Waals surface area contributed by atoms with Crippen molar-refractivity contribution in [3.63, 3.8) is 0 Å². The minimum atomic E-state index is -4.15. The molecule has 24 nitrogen and oxygen atoms in total. The number of nitrogens with one attached hydrogen (secondary N) is 6. The Morgan fingerprint density at radius 3 is 1.43 bits per heavy atom. The number of sulfonamides is 3. The Morgan fingerprint density at radius 2 is 0.989 bits per heavy atom. The number of fused-ring (bicyclic) bond motifs is 2. The van der Waals surface area contributed by atoms with Crippen LogP contribution in [0.2, 0.25) is 5.02 Å². The minimum Gasteiger partial charge on any atom is -0.481 e. The Balaban J connectivity index is -0.000000679. The summed E-state index contributed by atoms with van der Waals surface area (Å²) in [6, 6.07) is 32.3. The third-order valence-corrected chi connectivity index (χ3v) is 17.5. The molecule has 0 fully saturated rings. The molecule has 0 saturated carbocycles. The third-order valence-electron chi connectivity index (χ3n) is 13.3. The number of anilines is 3. The van der Waals surface area contributed by atoms with E-state index in [-0.39, 0.29) is 63.5 Å². The van der Waals surface area contributed by atoms with Crippen molar-refractivity contribution < 1.29 is 94.6 Å². The zero-order valence-electron chi connectivity index (χ0n) is 51.1. The zero-order valence-corrected chi connectivity index (χ0v) is 54.4. The number of methoxy groups -OCH3 is 2. The summed E-state index contributed by atoms with van der Waals surface area (Å²) in [5.41, 5.74) is 3.08. The maximum atomic E-state index is 14.1. The number of ether oxygens (including phenoxy) is 4. The van der Waals surface area contributed by atoms with Crippen LogP contribution >= 0.6 is 11.6 Å². The van der Waals surface area contributed by atoms with Crippen molar-refractivity contribution in [1.82, 2.24) is 23.3 Å². The summed E-state index contributed by atoms with van der Waals surface area (Å²) in [7, 11) is -10.2. The van der Waals surface area contributed by atoms with Crippen molar-refractivity contribution in [2.45, 2.75) is 87.3 Å². The van der Waals surface area contributed by atoms with Gasteiger partial charge in [-0.05, 0) is 166 Å². The van der Waals surface area contributed by atoms with Gasteiger partial charge in [-0.15, -0.1) is 5.92 Å². The lowest BCUT2D eigenvalue weighted by atomic mass is 10.0. The zero-order chi connectivity index (χ0) is 68.4. The molecule has 6 amide bonds. The van der Waals surface area contributed by atoms with Crippen LogP contribution < -0.4 is 34.9 Å². The molecule has 3 atom stereocenters. The number of rotatable bonds is 19. The molecule has 8 aromatic rings. The summed E-state index contributed by atoms with van der Waals surface area (Å²) >= 11 is 5.90. The van der Waals surface area contributed by atoms with Crippen LogP contribution in [0.25, 0.3) is 21.8 Å². The molecule has 0 saturated heterocycles. The molecule has 0 aliphatic heterocycles. The van der Waals surface area contributed by atoms with Gasteiger partial charge in [-0.1, -0.05) is 50.4 Å². The first-order chi connectivity index (χ1) is 44.0. The summed E-state index contributed by atoms with van der Waals surface area (Å²) in [5, 5.41) is 9.52. The first-order valence-electron chi connectivity index (χ1n) is 28.0. The fraction of sp³-hybridized carbons (Fsp3) is 0.238. The highest BCUT2D eigenvalue weighted by molar-refractivity contribution is 7.90. The van der Waals surface area contributed by atoms with E-state index < -0.39 is 72.4 Å². The molecule has 0 aliphatic carbocycles. The topological polar surface area (TPSA) is 324 Å². The molecule has 0 bridgehead atoms. The predicted octanol–water partition coefficient (Wildman–Crippen LogP) is 13.2. The fourth-order valence-corrected chi connectivity index (χ4v) is 11.5. The average molecular weight is 1380 g/mol. The van der Waals surface area contributed by atoms with E-state index in [4.69, 9.17) is 21.1 Å². The Bertz CT molecular complexity index is 4490.